The second kappa shape index (κ2) is 4.03. The second-order valence-electron chi connectivity index (χ2n) is 3.35. The van der Waals surface area contributed by atoms with Crippen molar-refractivity contribution in [1.29, 1.82) is 0 Å². The number of rotatable bonds is 2. The molecule has 0 radical (unpaired) electrons. The number of anilines is 1. The van der Waals surface area contributed by atoms with Crippen molar-refractivity contribution in [3.63, 3.8) is 0 Å². The number of hydrogen-bond acceptors (Lipinski definition) is 3. The Morgan fingerprint density at radius 2 is 2.19 bits per heavy atom. The maximum absolute atomic E-state index is 12.1. The van der Waals surface area contributed by atoms with Crippen LogP contribution < -0.4 is 5.73 Å². The molecule has 8 heteroatoms. The van der Waals surface area contributed by atoms with Gasteiger partial charge in [0.2, 0.25) is 0 Å². The highest BCUT2D eigenvalue weighted by molar-refractivity contribution is 5.97. The monoisotopic (exact) mass is 236 g/mol. The molecular formula is C8H11F3N4O. The van der Waals surface area contributed by atoms with Gasteiger partial charge in [-0.1, -0.05) is 0 Å². The van der Waals surface area contributed by atoms with E-state index in [1.165, 1.54) is 13.2 Å². The number of carbonyl (C=O) groups excluding carboxylic acids is 1. The zero-order valence-electron chi connectivity index (χ0n) is 8.75. The largest absolute Gasteiger partial charge is 0.406 e. The Labute approximate surface area is 89.6 Å². The molecule has 1 aromatic heterocycles. The third kappa shape index (κ3) is 2.65. The average Bonchev–Trinajstić information content (AvgIpc) is 2.42. The van der Waals surface area contributed by atoms with Gasteiger partial charge in [-0.05, 0) is 0 Å². The summed E-state index contributed by atoms with van der Waals surface area (Å²) >= 11 is 0. The molecule has 1 heterocycles. The molecule has 0 fully saturated rings. The fourth-order valence-electron chi connectivity index (χ4n) is 1.24. The first-order valence-electron chi connectivity index (χ1n) is 4.32. The van der Waals surface area contributed by atoms with Crippen molar-refractivity contribution in [2.24, 2.45) is 7.05 Å². The Morgan fingerprint density at radius 1 is 1.62 bits per heavy atom. The minimum atomic E-state index is -4.43. The number of amides is 1. The summed E-state index contributed by atoms with van der Waals surface area (Å²) < 4.78 is 37.3. The molecule has 0 aliphatic rings. The third-order valence-corrected chi connectivity index (χ3v) is 1.93. The minimum absolute atomic E-state index is 0.0493. The van der Waals surface area contributed by atoms with E-state index in [2.05, 4.69) is 5.10 Å². The molecule has 1 rings (SSSR count). The molecule has 16 heavy (non-hydrogen) atoms. The van der Waals surface area contributed by atoms with E-state index in [1.807, 2.05) is 0 Å². The highest BCUT2D eigenvalue weighted by atomic mass is 19.4. The average molecular weight is 236 g/mol. The number of halogens is 3. The van der Waals surface area contributed by atoms with Gasteiger partial charge in [-0.2, -0.15) is 18.3 Å². The number of nitrogens with zero attached hydrogens (tertiary/aromatic N) is 3. The van der Waals surface area contributed by atoms with E-state index < -0.39 is 18.6 Å². The molecule has 0 aliphatic carbocycles. The van der Waals surface area contributed by atoms with E-state index in [1.54, 1.807) is 0 Å². The van der Waals surface area contributed by atoms with Crippen LogP contribution in [0, 0.1) is 0 Å². The van der Waals surface area contributed by atoms with Crippen molar-refractivity contribution in [3.05, 3.63) is 11.9 Å². The SMILES string of the molecule is CN(CC(F)(F)F)C(=O)c1c(N)cnn1C. The zero-order valence-corrected chi connectivity index (χ0v) is 8.75. The summed E-state index contributed by atoms with van der Waals surface area (Å²) in [5, 5.41) is 3.68. The van der Waals surface area contributed by atoms with E-state index >= 15 is 0 Å². The maximum Gasteiger partial charge on any atom is 0.406 e. The van der Waals surface area contributed by atoms with Gasteiger partial charge < -0.3 is 10.6 Å². The van der Waals surface area contributed by atoms with Gasteiger partial charge >= 0.3 is 6.18 Å². The van der Waals surface area contributed by atoms with Crippen LogP contribution >= 0.6 is 0 Å². The first-order chi connectivity index (χ1) is 7.22. The van der Waals surface area contributed by atoms with Crippen LogP contribution in [0.25, 0.3) is 0 Å². The molecule has 0 bridgehead atoms. The van der Waals surface area contributed by atoms with Crippen LogP contribution in [0.2, 0.25) is 0 Å². The van der Waals surface area contributed by atoms with Crippen LogP contribution in [0.5, 0.6) is 0 Å². The van der Waals surface area contributed by atoms with Crippen molar-refractivity contribution in [3.8, 4) is 0 Å². The summed E-state index contributed by atoms with van der Waals surface area (Å²) in [5.41, 5.74) is 5.44. The fourth-order valence-corrected chi connectivity index (χ4v) is 1.24. The molecule has 0 spiro atoms. The van der Waals surface area contributed by atoms with Crippen molar-refractivity contribution in [1.82, 2.24) is 14.7 Å². The van der Waals surface area contributed by atoms with Crippen molar-refractivity contribution >= 4 is 11.6 Å². The zero-order chi connectivity index (χ0) is 12.5. The van der Waals surface area contributed by atoms with Gasteiger partial charge in [0.15, 0.2) is 0 Å². The Bertz CT molecular complexity index is 379. The normalized spacial score (nSPS) is 11.6. The van der Waals surface area contributed by atoms with Crippen LogP contribution in [0.3, 0.4) is 0 Å². The van der Waals surface area contributed by atoms with Gasteiger partial charge in [0.05, 0.1) is 11.9 Å². The summed E-state index contributed by atoms with van der Waals surface area (Å²) in [7, 11) is 2.49. The molecule has 90 valence electrons. The van der Waals surface area contributed by atoms with Gasteiger partial charge in [0.1, 0.15) is 12.2 Å². The van der Waals surface area contributed by atoms with Crippen LogP contribution in [0.1, 0.15) is 10.5 Å². The first-order valence-corrected chi connectivity index (χ1v) is 4.32. The van der Waals surface area contributed by atoms with Gasteiger partial charge in [-0.25, -0.2) is 0 Å². The molecule has 2 N–H and O–H groups in total. The number of nitrogen functional groups attached to an aromatic ring is 1. The lowest BCUT2D eigenvalue weighted by Gasteiger charge is -2.19. The molecule has 0 unspecified atom stereocenters. The molecule has 0 aromatic carbocycles. The van der Waals surface area contributed by atoms with Crippen LogP contribution in [0.4, 0.5) is 18.9 Å². The molecule has 1 amide bonds. The summed E-state index contributed by atoms with van der Waals surface area (Å²) in [6.45, 7) is -1.32. The molecule has 5 nitrogen and oxygen atoms in total. The van der Waals surface area contributed by atoms with Gasteiger partial charge in [-0.15, -0.1) is 0 Å². The lowest BCUT2D eigenvalue weighted by Crippen LogP contribution is -2.37. The van der Waals surface area contributed by atoms with Crippen molar-refractivity contribution in [2.45, 2.75) is 6.18 Å². The summed E-state index contributed by atoms with van der Waals surface area (Å²) in [6.07, 6.45) is -3.22. The van der Waals surface area contributed by atoms with Crippen LogP contribution in [-0.4, -0.2) is 40.4 Å². The van der Waals surface area contributed by atoms with Crippen molar-refractivity contribution in [2.75, 3.05) is 19.3 Å². The highest BCUT2D eigenvalue weighted by Gasteiger charge is 2.32. The van der Waals surface area contributed by atoms with Gasteiger partial charge in [0, 0.05) is 14.1 Å². The van der Waals surface area contributed by atoms with E-state index in [9.17, 15) is 18.0 Å². The van der Waals surface area contributed by atoms with Crippen LogP contribution in [-0.2, 0) is 7.05 Å². The predicted octanol–water partition coefficient (Wildman–Crippen LogP) is 0.637. The standard InChI is InChI=1S/C8H11F3N4O/c1-14(4-8(9,10)11)7(16)6-5(12)3-13-15(6)2/h3H,4,12H2,1-2H3. The molecule has 1 aromatic rings. The smallest absolute Gasteiger partial charge is 0.396 e. The molecule has 0 aliphatic heterocycles. The number of hydrogen-bond donors (Lipinski definition) is 1. The minimum Gasteiger partial charge on any atom is -0.396 e. The van der Waals surface area contributed by atoms with Gasteiger partial charge in [-0.3, -0.25) is 9.48 Å². The predicted molar refractivity (Wildman–Crippen MR) is 50.6 cm³/mol. The number of aromatic nitrogens is 2. The number of alkyl halides is 3. The summed E-state index contributed by atoms with van der Waals surface area (Å²) in [5.74, 6) is -0.810. The van der Waals surface area contributed by atoms with Crippen molar-refractivity contribution < 1.29 is 18.0 Å². The number of carbonyl (C=O) groups is 1. The second-order valence-corrected chi connectivity index (χ2v) is 3.35. The lowest BCUT2D eigenvalue weighted by atomic mass is 10.3. The van der Waals surface area contributed by atoms with Crippen LogP contribution in [0.15, 0.2) is 6.20 Å². The highest BCUT2D eigenvalue weighted by Crippen LogP contribution is 2.18. The Hall–Kier alpha value is -1.73. The number of aryl methyl sites for hydroxylation is 1. The molecule has 0 saturated heterocycles. The Balaban J connectivity index is 2.87. The lowest BCUT2D eigenvalue weighted by molar-refractivity contribution is -0.138. The fraction of sp³-hybridized carbons (Fsp3) is 0.500. The summed E-state index contributed by atoms with van der Waals surface area (Å²) in [6, 6.07) is 0. The summed E-state index contributed by atoms with van der Waals surface area (Å²) in [4.78, 5) is 12.2. The Morgan fingerprint density at radius 3 is 2.56 bits per heavy atom. The molecule has 0 saturated carbocycles. The van der Waals surface area contributed by atoms with E-state index in [0.717, 1.165) is 11.7 Å². The quantitative estimate of drug-likeness (QED) is 0.819. The first kappa shape index (κ1) is 12.3. The van der Waals surface area contributed by atoms with E-state index in [0.29, 0.717) is 4.90 Å². The maximum atomic E-state index is 12.1. The third-order valence-electron chi connectivity index (χ3n) is 1.93. The van der Waals surface area contributed by atoms with E-state index in [-0.39, 0.29) is 11.4 Å². The van der Waals surface area contributed by atoms with E-state index in [4.69, 9.17) is 5.73 Å². The molecular weight excluding hydrogens is 225 g/mol. The topological polar surface area (TPSA) is 64.2 Å². The van der Waals surface area contributed by atoms with Gasteiger partial charge in [0.25, 0.3) is 5.91 Å². The number of nitrogens with two attached hydrogens (primary N) is 1. The molecule has 0 atom stereocenters. The Kier molecular flexibility index (Phi) is 3.11.